The van der Waals surface area contributed by atoms with Crippen LogP contribution in [0.3, 0.4) is 0 Å². The van der Waals surface area contributed by atoms with Crippen molar-refractivity contribution in [2.45, 2.75) is 49.9 Å². The number of rotatable bonds is 5. The molecule has 0 aliphatic carbocycles. The molecule has 1 fully saturated rings. The molecule has 5 nitrogen and oxygen atoms in total. The van der Waals surface area contributed by atoms with Crippen LogP contribution in [0.25, 0.3) is 5.57 Å². The van der Waals surface area contributed by atoms with Gasteiger partial charge in [0.2, 0.25) is 11.8 Å². The van der Waals surface area contributed by atoms with Crippen LogP contribution in [-0.2, 0) is 21.9 Å². The Labute approximate surface area is 217 Å². The van der Waals surface area contributed by atoms with Crippen molar-refractivity contribution in [2.75, 3.05) is 6.54 Å². The Morgan fingerprint density at radius 2 is 1.67 bits per heavy atom. The van der Waals surface area contributed by atoms with Crippen molar-refractivity contribution in [1.82, 2.24) is 9.88 Å². The predicted molar refractivity (Wildman–Crippen MR) is 123 cm³/mol. The molecule has 1 saturated heterocycles. The summed E-state index contributed by atoms with van der Waals surface area (Å²) in [5, 5.41) is 0. The number of fused-ring (bicyclic) bond motifs is 1. The Morgan fingerprint density at radius 3 is 2.23 bits per heavy atom. The van der Waals surface area contributed by atoms with Gasteiger partial charge in [0.05, 0.1) is 29.5 Å². The highest BCUT2D eigenvalue weighted by molar-refractivity contribution is 5.97. The van der Waals surface area contributed by atoms with Crippen LogP contribution in [0.2, 0.25) is 0 Å². The van der Waals surface area contributed by atoms with E-state index in [1.807, 2.05) is 0 Å². The second kappa shape index (κ2) is 9.82. The molecule has 2 aliphatic rings. The number of carbonyl (C=O) groups is 1. The largest absolute Gasteiger partial charge is 0.445 e. The third-order valence-electron chi connectivity index (χ3n) is 7.02. The number of amides is 1. The Bertz CT molecular complexity index is 1350. The van der Waals surface area contributed by atoms with E-state index in [1.165, 1.54) is 54.6 Å². The van der Waals surface area contributed by atoms with Gasteiger partial charge in [-0.2, -0.15) is 26.3 Å². The van der Waals surface area contributed by atoms with Gasteiger partial charge in [0, 0.05) is 30.2 Å². The lowest BCUT2D eigenvalue weighted by Crippen LogP contribution is -2.39. The first-order chi connectivity index (χ1) is 18.3. The summed E-state index contributed by atoms with van der Waals surface area (Å²) >= 11 is 0. The van der Waals surface area contributed by atoms with Gasteiger partial charge < -0.3 is 14.1 Å². The molecule has 1 aromatic heterocycles. The van der Waals surface area contributed by atoms with Gasteiger partial charge in [0.15, 0.2) is 0 Å². The van der Waals surface area contributed by atoms with Crippen LogP contribution in [0, 0.1) is 5.82 Å². The fraction of sp³-hybridized carbons (Fsp3) is 0.333. The van der Waals surface area contributed by atoms with Crippen LogP contribution in [0.4, 0.5) is 30.7 Å². The van der Waals surface area contributed by atoms with E-state index in [2.05, 4.69) is 4.98 Å². The summed E-state index contributed by atoms with van der Waals surface area (Å²) in [7, 11) is 0. The van der Waals surface area contributed by atoms with Crippen molar-refractivity contribution in [3.63, 3.8) is 0 Å². The van der Waals surface area contributed by atoms with Crippen molar-refractivity contribution in [2.24, 2.45) is 0 Å². The molecule has 3 heterocycles. The molecule has 39 heavy (non-hydrogen) atoms. The predicted octanol–water partition coefficient (Wildman–Crippen LogP) is 6.78. The van der Waals surface area contributed by atoms with Crippen LogP contribution in [0.15, 0.2) is 65.4 Å². The molecule has 4 atom stereocenters. The second-order valence-electron chi connectivity index (χ2n) is 9.50. The zero-order valence-electron chi connectivity index (χ0n) is 20.3. The first-order valence-corrected chi connectivity index (χ1v) is 11.9. The maximum Gasteiger partial charge on any atom is 0.416 e. The summed E-state index contributed by atoms with van der Waals surface area (Å²) in [6, 6.07) is 6.31. The average molecular weight is 554 g/mol. The third kappa shape index (κ3) is 5.42. The summed E-state index contributed by atoms with van der Waals surface area (Å²) in [6.07, 6.45) is -7.57. The van der Waals surface area contributed by atoms with Crippen molar-refractivity contribution < 1.29 is 44.7 Å². The van der Waals surface area contributed by atoms with Crippen molar-refractivity contribution in [3.8, 4) is 0 Å². The third-order valence-corrected chi connectivity index (χ3v) is 7.02. The highest BCUT2D eigenvalue weighted by Crippen LogP contribution is 2.45. The number of nitrogens with zero attached hydrogens (tertiary/aromatic N) is 2. The molecule has 0 spiro atoms. The average Bonchev–Trinajstić information content (AvgIpc) is 3.52. The quantitative estimate of drug-likeness (QED) is 0.327. The van der Waals surface area contributed by atoms with E-state index in [-0.39, 0.29) is 30.0 Å². The van der Waals surface area contributed by atoms with Gasteiger partial charge in [-0.3, -0.25) is 4.79 Å². The number of aromatic nitrogens is 1. The fourth-order valence-corrected chi connectivity index (χ4v) is 5.23. The van der Waals surface area contributed by atoms with Crippen molar-refractivity contribution in [1.29, 1.82) is 0 Å². The van der Waals surface area contributed by atoms with Crippen molar-refractivity contribution >= 4 is 11.5 Å². The number of hydrogen-bond acceptors (Lipinski definition) is 4. The van der Waals surface area contributed by atoms with Crippen LogP contribution < -0.4 is 0 Å². The van der Waals surface area contributed by atoms with Gasteiger partial charge >= 0.3 is 12.4 Å². The van der Waals surface area contributed by atoms with Gasteiger partial charge in [0.1, 0.15) is 12.1 Å². The summed E-state index contributed by atoms with van der Waals surface area (Å²) in [4.78, 5) is 18.7. The van der Waals surface area contributed by atoms with E-state index in [9.17, 15) is 35.5 Å². The maximum atomic E-state index is 13.7. The normalized spacial score (nSPS) is 22.6. The molecular weight excluding hydrogens is 533 g/mol. The van der Waals surface area contributed by atoms with E-state index in [0.29, 0.717) is 29.7 Å². The van der Waals surface area contributed by atoms with Gasteiger partial charge in [-0.05, 0) is 54.8 Å². The van der Waals surface area contributed by atoms with Crippen LogP contribution in [0.5, 0.6) is 0 Å². The lowest BCUT2D eigenvalue weighted by atomic mass is 9.85. The first-order valence-electron chi connectivity index (χ1n) is 11.9. The minimum absolute atomic E-state index is 0.0241. The maximum absolute atomic E-state index is 13.7. The highest BCUT2D eigenvalue weighted by Gasteiger charge is 2.48. The molecular formula is C27H21F7N2O3. The van der Waals surface area contributed by atoms with E-state index in [1.54, 1.807) is 0 Å². The fourth-order valence-electron chi connectivity index (χ4n) is 5.23. The summed E-state index contributed by atoms with van der Waals surface area (Å²) in [5.74, 6) is -1.18. The Kier molecular flexibility index (Phi) is 6.78. The number of halogens is 7. The number of alkyl halides is 6. The van der Waals surface area contributed by atoms with Gasteiger partial charge in [-0.1, -0.05) is 12.1 Å². The molecule has 2 aromatic carbocycles. The van der Waals surface area contributed by atoms with Crippen LogP contribution in [0.1, 0.15) is 53.5 Å². The molecule has 0 radical (unpaired) electrons. The van der Waals surface area contributed by atoms with Gasteiger partial charge in [-0.25, -0.2) is 9.37 Å². The zero-order chi connectivity index (χ0) is 28.1. The van der Waals surface area contributed by atoms with E-state index in [0.717, 1.165) is 0 Å². The molecule has 0 saturated carbocycles. The number of oxazole rings is 1. The van der Waals surface area contributed by atoms with Gasteiger partial charge in [-0.15, -0.1) is 0 Å². The smallest absolute Gasteiger partial charge is 0.416 e. The van der Waals surface area contributed by atoms with Crippen molar-refractivity contribution in [3.05, 3.63) is 95.0 Å². The molecule has 2 aliphatic heterocycles. The van der Waals surface area contributed by atoms with E-state index in [4.69, 9.17) is 9.15 Å². The number of benzene rings is 2. The number of carbonyl (C=O) groups excluding carboxylic acids is 1. The minimum Gasteiger partial charge on any atom is -0.445 e. The minimum atomic E-state index is -5.01. The summed E-state index contributed by atoms with van der Waals surface area (Å²) in [5.41, 5.74) is -2.08. The highest BCUT2D eigenvalue weighted by atomic mass is 19.4. The summed E-state index contributed by atoms with van der Waals surface area (Å²) < 4.78 is 106. The first kappa shape index (κ1) is 26.9. The standard InChI is InChI=1S/C27H21F7N2O3/c1-14(16-8-18(26(29,30)31)12-19(9-16)27(32,33)34)39-22-13-36-21(24(22)15-2-4-20(28)5-3-15)10-17(11-23(36)37)25-35-6-7-38-25/h2-9,11-12,14,21-22,24H,10,13H2,1H3/t14-,21+,22?,24?/m1/s1. The number of hydrogen-bond donors (Lipinski definition) is 0. The van der Waals surface area contributed by atoms with Gasteiger partial charge in [0.25, 0.3) is 0 Å². The van der Waals surface area contributed by atoms with Crippen LogP contribution >= 0.6 is 0 Å². The topological polar surface area (TPSA) is 55.6 Å². The Balaban J connectivity index is 1.49. The van der Waals surface area contributed by atoms with E-state index < -0.39 is 53.5 Å². The Hall–Kier alpha value is -3.67. The summed E-state index contributed by atoms with van der Waals surface area (Å²) in [6.45, 7) is 1.38. The number of ether oxygens (including phenoxy) is 1. The SMILES string of the molecule is C[C@@H](OC1CN2C(=O)C=C(c3ncco3)C[C@H]2C1c1ccc(F)cc1)c1cc(C(F)(F)F)cc(C(F)(F)F)c1. The molecule has 12 heteroatoms. The zero-order valence-corrected chi connectivity index (χ0v) is 20.3. The molecule has 206 valence electrons. The van der Waals surface area contributed by atoms with Crippen LogP contribution in [-0.4, -0.2) is 34.5 Å². The molecule has 0 bridgehead atoms. The molecule has 3 aromatic rings. The monoisotopic (exact) mass is 554 g/mol. The lowest BCUT2D eigenvalue weighted by molar-refractivity contribution is -0.143. The Morgan fingerprint density at radius 1 is 1.03 bits per heavy atom. The lowest BCUT2D eigenvalue weighted by Gasteiger charge is -2.32. The molecule has 2 unspecified atom stereocenters. The van der Waals surface area contributed by atoms with E-state index >= 15 is 0 Å². The molecule has 0 N–H and O–H groups in total. The second-order valence-corrected chi connectivity index (χ2v) is 9.50. The molecule has 5 rings (SSSR count). The molecule has 1 amide bonds.